The Labute approximate surface area is 163 Å². The van der Waals surface area contributed by atoms with Gasteiger partial charge in [-0.25, -0.2) is 4.79 Å². The molecule has 2 atom stereocenters. The van der Waals surface area contributed by atoms with Gasteiger partial charge >= 0.3 is 5.97 Å². The summed E-state index contributed by atoms with van der Waals surface area (Å²) in [6, 6.07) is -1.22. The minimum Gasteiger partial charge on any atom is -0.464 e. The van der Waals surface area contributed by atoms with Crippen LogP contribution in [-0.4, -0.2) is 49.1 Å². The fourth-order valence-electron chi connectivity index (χ4n) is 2.56. The molecule has 0 saturated carbocycles. The van der Waals surface area contributed by atoms with Gasteiger partial charge in [0.25, 0.3) is 0 Å². The molecule has 0 saturated heterocycles. The summed E-state index contributed by atoms with van der Waals surface area (Å²) in [4.78, 5) is 24.5. The standard InChI is InChI=1S/C19H39N3O3S/c1-3-4-5-6-7-10-14-25-19(24)17(12-15-26-2)22-18(23)16(21)11-8-9-13-20/h16-17H,3-15,20-21H2,1-2H3,(H,22,23)/t16-,17-/m0/s1. The van der Waals surface area contributed by atoms with Crippen molar-refractivity contribution in [2.24, 2.45) is 11.5 Å². The Morgan fingerprint density at radius 1 is 1.04 bits per heavy atom. The monoisotopic (exact) mass is 389 g/mol. The molecular formula is C19H39N3O3S. The fraction of sp³-hybridized carbons (Fsp3) is 0.895. The van der Waals surface area contributed by atoms with Crippen LogP contribution < -0.4 is 16.8 Å². The first-order valence-corrected chi connectivity index (χ1v) is 11.4. The molecule has 0 spiro atoms. The van der Waals surface area contributed by atoms with Crippen molar-refractivity contribution in [1.82, 2.24) is 5.32 Å². The Hall–Kier alpha value is -0.790. The van der Waals surface area contributed by atoms with E-state index in [-0.39, 0.29) is 11.9 Å². The summed E-state index contributed by atoms with van der Waals surface area (Å²) in [5.74, 6) is 0.138. The lowest BCUT2D eigenvalue weighted by atomic mass is 10.1. The number of thioether (sulfide) groups is 1. The third-order valence-corrected chi connectivity index (χ3v) is 4.90. The van der Waals surface area contributed by atoms with Crippen molar-refractivity contribution in [3.05, 3.63) is 0 Å². The maximum absolute atomic E-state index is 12.3. The first kappa shape index (κ1) is 25.2. The molecule has 7 heteroatoms. The second-order valence-corrected chi connectivity index (χ2v) is 7.65. The van der Waals surface area contributed by atoms with Crippen LogP contribution in [0.1, 0.15) is 71.1 Å². The number of carbonyl (C=O) groups is 2. The first-order valence-electron chi connectivity index (χ1n) is 9.98. The highest BCUT2D eigenvalue weighted by Gasteiger charge is 2.24. The molecule has 0 fully saturated rings. The Kier molecular flexibility index (Phi) is 17.1. The summed E-state index contributed by atoms with van der Waals surface area (Å²) in [7, 11) is 0. The van der Waals surface area contributed by atoms with Gasteiger partial charge in [0, 0.05) is 0 Å². The smallest absolute Gasteiger partial charge is 0.328 e. The quantitative estimate of drug-likeness (QED) is 0.261. The molecule has 0 unspecified atom stereocenters. The molecule has 0 radical (unpaired) electrons. The van der Waals surface area contributed by atoms with Gasteiger partial charge < -0.3 is 21.5 Å². The average Bonchev–Trinajstić information content (AvgIpc) is 2.64. The van der Waals surface area contributed by atoms with Gasteiger partial charge in [0.1, 0.15) is 6.04 Å². The van der Waals surface area contributed by atoms with Gasteiger partial charge in [0.2, 0.25) is 5.91 Å². The summed E-state index contributed by atoms with van der Waals surface area (Å²) in [5, 5.41) is 2.76. The molecule has 0 aliphatic carbocycles. The van der Waals surface area contributed by atoms with Crippen LogP contribution in [0.15, 0.2) is 0 Å². The number of ether oxygens (including phenoxy) is 1. The van der Waals surface area contributed by atoms with Gasteiger partial charge in [-0.3, -0.25) is 4.79 Å². The van der Waals surface area contributed by atoms with Crippen molar-refractivity contribution in [3.8, 4) is 0 Å². The van der Waals surface area contributed by atoms with Crippen LogP contribution in [0.25, 0.3) is 0 Å². The van der Waals surface area contributed by atoms with E-state index >= 15 is 0 Å². The molecule has 1 amide bonds. The molecule has 0 aromatic heterocycles. The Morgan fingerprint density at radius 2 is 1.73 bits per heavy atom. The summed E-state index contributed by atoms with van der Waals surface area (Å²) in [6.45, 7) is 3.20. The predicted octanol–water partition coefficient (Wildman–Crippen LogP) is 2.58. The van der Waals surface area contributed by atoms with Crippen LogP contribution in [0.3, 0.4) is 0 Å². The highest BCUT2D eigenvalue weighted by atomic mass is 32.2. The molecule has 0 aliphatic heterocycles. The lowest BCUT2D eigenvalue weighted by Crippen LogP contribution is -2.49. The van der Waals surface area contributed by atoms with Crippen molar-refractivity contribution in [1.29, 1.82) is 0 Å². The number of amides is 1. The van der Waals surface area contributed by atoms with E-state index in [2.05, 4.69) is 12.2 Å². The van der Waals surface area contributed by atoms with E-state index < -0.39 is 12.1 Å². The number of unbranched alkanes of at least 4 members (excludes halogenated alkanes) is 6. The van der Waals surface area contributed by atoms with Crippen molar-refractivity contribution < 1.29 is 14.3 Å². The van der Waals surface area contributed by atoms with Gasteiger partial charge in [-0.05, 0) is 44.2 Å². The van der Waals surface area contributed by atoms with Crippen molar-refractivity contribution in [2.45, 2.75) is 83.2 Å². The zero-order chi connectivity index (χ0) is 19.6. The topological polar surface area (TPSA) is 107 Å². The van der Waals surface area contributed by atoms with Crippen molar-refractivity contribution in [2.75, 3.05) is 25.2 Å². The van der Waals surface area contributed by atoms with Crippen molar-refractivity contribution >= 4 is 23.6 Å². The molecule has 26 heavy (non-hydrogen) atoms. The third kappa shape index (κ3) is 13.4. The van der Waals surface area contributed by atoms with E-state index in [1.807, 2.05) is 6.26 Å². The summed E-state index contributed by atoms with van der Waals surface area (Å²) in [5.41, 5.74) is 11.4. The highest BCUT2D eigenvalue weighted by Crippen LogP contribution is 2.07. The number of hydrogen-bond donors (Lipinski definition) is 3. The van der Waals surface area contributed by atoms with Crippen molar-refractivity contribution in [3.63, 3.8) is 0 Å². The number of nitrogens with two attached hydrogens (primary N) is 2. The molecule has 0 aromatic carbocycles. The zero-order valence-corrected chi connectivity index (χ0v) is 17.5. The number of carbonyl (C=O) groups excluding carboxylic acids is 2. The van der Waals surface area contributed by atoms with Crippen LogP contribution in [0.4, 0.5) is 0 Å². The molecule has 5 N–H and O–H groups in total. The second-order valence-electron chi connectivity index (χ2n) is 6.67. The van der Waals surface area contributed by atoms with E-state index in [4.69, 9.17) is 16.2 Å². The molecular weight excluding hydrogens is 350 g/mol. The predicted molar refractivity (Wildman–Crippen MR) is 110 cm³/mol. The van der Waals surface area contributed by atoms with Crippen LogP contribution in [-0.2, 0) is 14.3 Å². The van der Waals surface area contributed by atoms with E-state index in [9.17, 15) is 9.59 Å². The van der Waals surface area contributed by atoms with Gasteiger partial charge in [0.15, 0.2) is 0 Å². The summed E-state index contributed by atoms with van der Waals surface area (Å²) < 4.78 is 5.37. The van der Waals surface area contributed by atoms with Crippen LogP contribution >= 0.6 is 11.8 Å². The number of esters is 1. The minimum atomic E-state index is -0.615. The fourth-order valence-corrected chi connectivity index (χ4v) is 3.03. The molecule has 0 rings (SSSR count). The maximum atomic E-state index is 12.3. The van der Waals surface area contributed by atoms with Gasteiger partial charge in [-0.15, -0.1) is 0 Å². The average molecular weight is 390 g/mol. The highest BCUT2D eigenvalue weighted by molar-refractivity contribution is 7.98. The lowest BCUT2D eigenvalue weighted by Gasteiger charge is -2.20. The van der Waals surface area contributed by atoms with E-state index in [0.29, 0.717) is 26.0 Å². The van der Waals surface area contributed by atoms with Gasteiger partial charge in [-0.1, -0.05) is 45.4 Å². The van der Waals surface area contributed by atoms with Crippen LogP contribution in [0.2, 0.25) is 0 Å². The normalized spacial score (nSPS) is 13.2. The number of rotatable bonds is 17. The van der Waals surface area contributed by atoms with E-state index in [0.717, 1.165) is 31.4 Å². The second kappa shape index (κ2) is 17.6. The third-order valence-electron chi connectivity index (χ3n) is 4.26. The molecule has 0 bridgehead atoms. The SMILES string of the molecule is CCCCCCCCOC(=O)[C@H](CCSC)NC(=O)[C@@H](N)CCCCN. The molecule has 0 aliphatic rings. The Balaban J connectivity index is 4.22. The molecule has 6 nitrogen and oxygen atoms in total. The van der Waals surface area contributed by atoms with Gasteiger partial charge in [0.05, 0.1) is 12.6 Å². The molecule has 154 valence electrons. The maximum Gasteiger partial charge on any atom is 0.328 e. The minimum absolute atomic E-state index is 0.287. The number of hydrogen-bond acceptors (Lipinski definition) is 6. The lowest BCUT2D eigenvalue weighted by molar-refractivity contribution is -0.148. The Morgan fingerprint density at radius 3 is 2.38 bits per heavy atom. The van der Waals surface area contributed by atoms with E-state index in [1.165, 1.54) is 25.7 Å². The Bertz CT molecular complexity index is 370. The molecule has 0 aromatic rings. The van der Waals surface area contributed by atoms with Gasteiger partial charge in [-0.2, -0.15) is 11.8 Å². The first-order chi connectivity index (χ1) is 12.6. The van der Waals surface area contributed by atoms with Crippen LogP contribution in [0.5, 0.6) is 0 Å². The summed E-state index contributed by atoms with van der Waals surface area (Å²) in [6.07, 6.45) is 11.6. The number of nitrogens with one attached hydrogen (secondary N) is 1. The van der Waals surface area contributed by atoms with Crippen LogP contribution in [0, 0.1) is 0 Å². The molecule has 0 heterocycles. The largest absolute Gasteiger partial charge is 0.464 e. The van der Waals surface area contributed by atoms with E-state index in [1.54, 1.807) is 11.8 Å². The summed E-state index contributed by atoms with van der Waals surface area (Å²) >= 11 is 1.64. The zero-order valence-electron chi connectivity index (χ0n) is 16.6.